The lowest BCUT2D eigenvalue weighted by atomic mass is 10.2. The van der Waals surface area contributed by atoms with Crippen LogP contribution in [0.4, 0.5) is 0 Å². The van der Waals surface area contributed by atoms with Crippen molar-refractivity contribution in [1.29, 1.82) is 0 Å². The van der Waals surface area contributed by atoms with Crippen molar-refractivity contribution in [3.63, 3.8) is 0 Å². The molecular formula is C11H11NO5. The summed E-state index contributed by atoms with van der Waals surface area (Å²) in [5.74, 6) is -0.274. The van der Waals surface area contributed by atoms with Crippen LogP contribution in [0, 0.1) is 0 Å². The Kier molecular flexibility index (Phi) is 2.86. The van der Waals surface area contributed by atoms with Gasteiger partial charge in [0.2, 0.25) is 6.79 Å². The molecule has 0 unspecified atom stereocenters. The first-order chi connectivity index (χ1) is 8.08. The molecule has 6 heteroatoms. The first kappa shape index (κ1) is 11.3. The third-order valence-electron chi connectivity index (χ3n) is 2.29. The van der Waals surface area contributed by atoms with Crippen molar-refractivity contribution in [3.05, 3.63) is 23.8 Å². The zero-order valence-electron chi connectivity index (χ0n) is 9.14. The summed E-state index contributed by atoms with van der Waals surface area (Å²) < 4.78 is 15.1. The molecule has 0 fully saturated rings. The largest absolute Gasteiger partial charge is 0.454 e. The van der Waals surface area contributed by atoms with E-state index in [0.29, 0.717) is 11.5 Å². The Hall–Kier alpha value is -2.24. The van der Waals surface area contributed by atoms with Gasteiger partial charge in [0.1, 0.15) is 0 Å². The van der Waals surface area contributed by atoms with Gasteiger partial charge in [-0.25, -0.2) is 4.79 Å². The number of carbonyl (C=O) groups is 2. The molecule has 1 aromatic rings. The monoisotopic (exact) mass is 237 g/mol. The Morgan fingerprint density at radius 2 is 2.06 bits per heavy atom. The molecule has 1 heterocycles. The normalized spacial score (nSPS) is 14.2. The van der Waals surface area contributed by atoms with Crippen LogP contribution in [0.5, 0.6) is 11.5 Å². The topological polar surface area (TPSA) is 87.8 Å². The molecule has 0 saturated heterocycles. The Morgan fingerprint density at radius 1 is 1.35 bits per heavy atom. The molecule has 90 valence electrons. The molecule has 1 atom stereocenters. The molecule has 0 radical (unpaired) electrons. The zero-order valence-corrected chi connectivity index (χ0v) is 9.14. The summed E-state index contributed by atoms with van der Waals surface area (Å²) in [4.78, 5) is 22.4. The van der Waals surface area contributed by atoms with E-state index in [4.69, 9.17) is 19.9 Å². The van der Waals surface area contributed by atoms with Gasteiger partial charge in [0.05, 0.1) is 5.56 Å². The number of hydrogen-bond donors (Lipinski definition) is 1. The van der Waals surface area contributed by atoms with Gasteiger partial charge in [-0.3, -0.25) is 4.79 Å². The SMILES string of the molecule is C[C@@H](OC(=O)c1ccc2c(c1)OCO2)C(N)=O. The lowest BCUT2D eigenvalue weighted by molar-refractivity contribution is -0.125. The average molecular weight is 237 g/mol. The van der Waals surface area contributed by atoms with Crippen molar-refractivity contribution in [1.82, 2.24) is 0 Å². The van der Waals surface area contributed by atoms with Crippen LogP contribution in [0.25, 0.3) is 0 Å². The van der Waals surface area contributed by atoms with Gasteiger partial charge in [-0.05, 0) is 25.1 Å². The third kappa shape index (κ3) is 2.30. The average Bonchev–Trinajstić information content (AvgIpc) is 2.75. The standard InChI is InChI=1S/C11H11NO5/c1-6(10(12)13)17-11(14)7-2-3-8-9(4-7)16-5-15-8/h2-4,6H,5H2,1H3,(H2,12,13)/t6-/m1/s1. The van der Waals surface area contributed by atoms with Crippen molar-refractivity contribution >= 4 is 11.9 Å². The van der Waals surface area contributed by atoms with E-state index in [9.17, 15) is 9.59 Å². The lowest BCUT2D eigenvalue weighted by Gasteiger charge is -2.09. The molecule has 0 spiro atoms. The minimum Gasteiger partial charge on any atom is -0.454 e. The highest BCUT2D eigenvalue weighted by Crippen LogP contribution is 2.32. The van der Waals surface area contributed by atoms with E-state index in [1.54, 1.807) is 6.07 Å². The summed E-state index contributed by atoms with van der Waals surface area (Å²) >= 11 is 0. The molecule has 0 saturated carbocycles. The molecule has 2 rings (SSSR count). The van der Waals surface area contributed by atoms with Crippen LogP contribution in [0.2, 0.25) is 0 Å². The van der Waals surface area contributed by atoms with Gasteiger partial charge in [-0.15, -0.1) is 0 Å². The van der Waals surface area contributed by atoms with Gasteiger partial charge >= 0.3 is 5.97 Å². The quantitative estimate of drug-likeness (QED) is 0.771. The van der Waals surface area contributed by atoms with Gasteiger partial charge in [-0.2, -0.15) is 0 Å². The number of carbonyl (C=O) groups excluding carboxylic acids is 2. The molecule has 0 bridgehead atoms. The van der Waals surface area contributed by atoms with E-state index in [2.05, 4.69) is 0 Å². The predicted molar refractivity (Wildman–Crippen MR) is 56.6 cm³/mol. The number of fused-ring (bicyclic) bond motifs is 1. The van der Waals surface area contributed by atoms with Gasteiger partial charge < -0.3 is 19.9 Å². The summed E-state index contributed by atoms with van der Waals surface area (Å²) in [5, 5.41) is 0. The Balaban J connectivity index is 2.12. The van der Waals surface area contributed by atoms with E-state index < -0.39 is 18.0 Å². The number of benzene rings is 1. The number of primary amides is 1. The van der Waals surface area contributed by atoms with Gasteiger partial charge in [-0.1, -0.05) is 0 Å². The van der Waals surface area contributed by atoms with Gasteiger partial charge in [0.15, 0.2) is 17.6 Å². The highest BCUT2D eigenvalue weighted by atomic mass is 16.7. The maximum atomic E-state index is 11.6. The van der Waals surface area contributed by atoms with Crippen LogP contribution in [-0.4, -0.2) is 24.8 Å². The summed E-state index contributed by atoms with van der Waals surface area (Å²) in [6, 6.07) is 4.63. The smallest absolute Gasteiger partial charge is 0.339 e. The Labute approximate surface area is 97.3 Å². The maximum absolute atomic E-state index is 11.6. The Morgan fingerprint density at radius 3 is 2.76 bits per heavy atom. The fourth-order valence-electron chi connectivity index (χ4n) is 1.31. The van der Waals surface area contributed by atoms with Crippen LogP contribution < -0.4 is 15.2 Å². The number of hydrogen-bond acceptors (Lipinski definition) is 5. The number of ether oxygens (including phenoxy) is 3. The summed E-state index contributed by atoms with van der Waals surface area (Å²) in [5.41, 5.74) is 5.27. The lowest BCUT2D eigenvalue weighted by Crippen LogP contribution is -2.30. The van der Waals surface area contributed by atoms with E-state index >= 15 is 0 Å². The first-order valence-electron chi connectivity index (χ1n) is 4.98. The van der Waals surface area contributed by atoms with Gasteiger partial charge in [0, 0.05) is 0 Å². The van der Waals surface area contributed by atoms with Crippen LogP contribution in [-0.2, 0) is 9.53 Å². The highest BCUT2D eigenvalue weighted by molar-refractivity contribution is 5.92. The second kappa shape index (κ2) is 4.32. The molecule has 1 aliphatic heterocycles. The van der Waals surface area contributed by atoms with E-state index in [-0.39, 0.29) is 12.4 Å². The predicted octanol–water partition coefficient (Wildman–Crippen LogP) is 0.446. The molecule has 0 aromatic heterocycles. The van der Waals surface area contributed by atoms with E-state index in [1.165, 1.54) is 19.1 Å². The fourth-order valence-corrected chi connectivity index (χ4v) is 1.31. The minimum absolute atomic E-state index is 0.130. The van der Waals surface area contributed by atoms with Gasteiger partial charge in [0.25, 0.3) is 5.91 Å². The highest BCUT2D eigenvalue weighted by Gasteiger charge is 2.19. The van der Waals surface area contributed by atoms with Crippen LogP contribution in [0.15, 0.2) is 18.2 Å². The second-order valence-corrected chi connectivity index (χ2v) is 3.52. The number of rotatable bonds is 3. The maximum Gasteiger partial charge on any atom is 0.339 e. The van der Waals surface area contributed by atoms with E-state index in [1.807, 2.05) is 0 Å². The number of esters is 1. The molecule has 0 aliphatic carbocycles. The first-order valence-corrected chi connectivity index (χ1v) is 4.98. The molecule has 17 heavy (non-hydrogen) atoms. The van der Waals surface area contributed by atoms with Crippen molar-refractivity contribution in [2.24, 2.45) is 5.73 Å². The van der Waals surface area contributed by atoms with Crippen molar-refractivity contribution in [3.8, 4) is 11.5 Å². The number of nitrogens with two attached hydrogens (primary N) is 1. The van der Waals surface area contributed by atoms with Crippen LogP contribution in [0.1, 0.15) is 17.3 Å². The third-order valence-corrected chi connectivity index (χ3v) is 2.29. The fraction of sp³-hybridized carbons (Fsp3) is 0.273. The van der Waals surface area contributed by atoms with E-state index in [0.717, 1.165) is 0 Å². The number of amides is 1. The van der Waals surface area contributed by atoms with Crippen LogP contribution >= 0.6 is 0 Å². The molecule has 1 aromatic carbocycles. The minimum atomic E-state index is -0.965. The zero-order chi connectivity index (χ0) is 12.4. The van der Waals surface area contributed by atoms with Crippen molar-refractivity contribution < 1.29 is 23.8 Å². The molecule has 1 aliphatic rings. The molecule has 2 N–H and O–H groups in total. The van der Waals surface area contributed by atoms with Crippen LogP contribution in [0.3, 0.4) is 0 Å². The molecule has 1 amide bonds. The second-order valence-electron chi connectivity index (χ2n) is 3.52. The van der Waals surface area contributed by atoms with Crippen molar-refractivity contribution in [2.75, 3.05) is 6.79 Å². The molecular weight excluding hydrogens is 226 g/mol. The summed E-state index contributed by atoms with van der Waals surface area (Å²) in [6.45, 7) is 1.54. The van der Waals surface area contributed by atoms with Crippen molar-refractivity contribution in [2.45, 2.75) is 13.0 Å². The molecule has 6 nitrogen and oxygen atoms in total. The summed E-state index contributed by atoms with van der Waals surface area (Å²) in [6.07, 6.45) is -0.965. The Bertz CT molecular complexity index is 471. The summed E-state index contributed by atoms with van der Waals surface area (Å²) in [7, 11) is 0.